The Labute approximate surface area is 161 Å². The van der Waals surface area contributed by atoms with Gasteiger partial charge in [0.1, 0.15) is 0 Å². The Morgan fingerprint density at radius 1 is 0.704 bits per heavy atom. The Morgan fingerprint density at radius 3 is 2.15 bits per heavy atom. The van der Waals surface area contributed by atoms with Crippen molar-refractivity contribution in [3.8, 4) is 28.5 Å². The molecule has 0 unspecified atom stereocenters. The number of thiophene rings is 1. The first-order valence-electron chi connectivity index (χ1n) is 8.70. The molecule has 0 saturated heterocycles. The first-order valence-corrected chi connectivity index (χ1v) is 9.52. The Hall–Kier alpha value is -3.48. The third kappa shape index (κ3) is 2.77. The molecule has 0 radical (unpaired) electrons. The second-order valence-electron chi connectivity index (χ2n) is 6.43. The zero-order chi connectivity index (χ0) is 18.2. The normalized spacial score (nSPS) is 10.9. The highest BCUT2D eigenvalue weighted by atomic mass is 32.1. The van der Waals surface area contributed by atoms with Gasteiger partial charge in [0.15, 0.2) is 0 Å². The van der Waals surface area contributed by atoms with Gasteiger partial charge < -0.3 is 0 Å². The summed E-state index contributed by atoms with van der Waals surface area (Å²) in [7, 11) is 0. The molecule has 0 bridgehead atoms. The lowest BCUT2D eigenvalue weighted by atomic mass is 10.0. The number of aromatic nitrogens is 1. The topological polar surface area (TPSA) is 36.7 Å². The van der Waals surface area contributed by atoms with Crippen LogP contribution in [0.1, 0.15) is 5.56 Å². The predicted octanol–water partition coefficient (Wildman–Crippen LogP) is 6.66. The average molecular weight is 362 g/mol. The molecule has 3 aromatic carbocycles. The monoisotopic (exact) mass is 362 g/mol. The fraction of sp³-hybridized carbons (Fsp3) is 0. The highest BCUT2D eigenvalue weighted by Crippen LogP contribution is 2.38. The molecule has 27 heavy (non-hydrogen) atoms. The molecular formula is C24H14N2S. The minimum absolute atomic E-state index is 0.629. The van der Waals surface area contributed by atoms with Gasteiger partial charge in [-0.3, -0.25) is 4.98 Å². The molecule has 0 aliphatic rings. The Bertz CT molecular complexity index is 1330. The van der Waals surface area contributed by atoms with Crippen LogP contribution in [0.4, 0.5) is 0 Å². The van der Waals surface area contributed by atoms with Crippen LogP contribution >= 0.6 is 11.3 Å². The number of nitriles is 1. The summed E-state index contributed by atoms with van der Waals surface area (Å²) >= 11 is 1.80. The molecule has 0 N–H and O–H groups in total. The van der Waals surface area contributed by atoms with Gasteiger partial charge >= 0.3 is 0 Å². The molecule has 126 valence electrons. The average Bonchev–Trinajstić information content (AvgIpc) is 3.11. The highest BCUT2D eigenvalue weighted by molar-refractivity contribution is 7.25. The maximum Gasteiger partial charge on any atom is 0.0992 e. The molecule has 0 amide bonds. The molecule has 0 aliphatic carbocycles. The van der Waals surface area contributed by atoms with Crippen LogP contribution in [-0.4, -0.2) is 4.98 Å². The lowest BCUT2D eigenvalue weighted by molar-refractivity contribution is 1.31. The number of hydrogen-bond acceptors (Lipinski definition) is 3. The lowest BCUT2D eigenvalue weighted by Crippen LogP contribution is -1.84. The largest absolute Gasteiger partial charge is 0.256 e. The summed E-state index contributed by atoms with van der Waals surface area (Å²) in [5.74, 6) is 0. The first kappa shape index (κ1) is 15.7. The molecule has 0 atom stereocenters. The van der Waals surface area contributed by atoms with Crippen LogP contribution in [-0.2, 0) is 0 Å². The maximum atomic E-state index is 9.12. The summed E-state index contributed by atoms with van der Waals surface area (Å²) in [6, 6.07) is 29.3. The fourth-order valence-electron chi connectivity index (χ4n) is 3.40. The number of rotatable bonds is 2. The van der Waals surface area contributed by atoms with Gasteiger partial charge in [0, 0.05) is 31.9 Å². The van der Waals surface area contributed by atoms with Gasteiger partial charge in [0.2, 0.25) is 0 Å². The van der Waals surface area contributed by atoms with E-state index >= 15 is 0 Å². The minimum atomic E-state index is 0.629. The molecule has 3 heteroatoms. The Balaban J connectivity index is 1.65. The van der Waals surface area contributed by atoms with Crippen LogP contribution in [0.5, 0.6) is 0 Å². The van der Waals surface area contributed by atoms with Crippen molar-refractivity contribution >= 4 is 31.5 Å². The molecule has 5 aromatic rings. The summed E-state index contributed by atoms with van der Waals surface area (Å²) < 4.78 is 2.51. The molecular weight excluding hydrogens is 348 g/mol. The van der Waals surface area contributed by atoms with Gasteiger partial charge in [-0.25, -0.2) is 0 Å². The molecule has 2 nitrogen and oxygen atoms in total. The van der Waals surface area contributed by atoms with E-state index in [1.807, 2.05) is 12.1 Å². The van der Waals surface area contributed by atoms with Crippen LogP contribution in [0.2, 0.25) is 0 Å². The molecule has 0 spiro atoms. The molecule has 2 aromatic heterocycles. The van der Waals surface area contributed by atoms with E-state index in [4.69, 9.17) is 5.26 Å². The predicted molar refractivity (Wildman–Crippen MR) is 113 cm³/mol. The van der Waals surface area contributed by atoms with Gasteiger partial charge in [-0.15, -0.1) is 11.3 Å². The van der Waals surface area contributed by atoms with Crippen molar-refractivity contribution < 1.29 is 0 Å². The molecule has 0 saturated carbocycles. The second-order valence-corrected chi connectivity index (χ2v) is 7.52. The number of pyridine rings is 1. The molecule has 0 fully saturated rings. The van der Waals surface area contributed by atoms with Crippen molar-refractivity contribution in [1.82, 2.24) is 4.98 Å². The van der Waals surface area contributed by atoms with Gasteiger partial charge in [-0.05, 0) is 35.4 Å². The minimum Gasteiger partial charge on any atom is -0.256 e. The third-order valence-electron chi connectivity index (χ3n) is 4.77. The van der Waals surface area contributed by atoms with E-state index in [2.05, 4.69) is 71.7 Å². The van der Waals surface area contributed by atoms with Crippen molar-refractivity contribution in [1.29, 1.82) is 5.26 Å². The summed E-state index contributed by atoms with van der Waals surface area (Å²) in [6.45, 7) is 0. The second kappa shape index (κ2) is 6.35. The van der Waals surface area contributed by atoms with Crippen molar-refractivity contribution in [2.75, 3.05) is 0 Å². The Kier molecular flexibility index (Phi) is 3.71. The van der Waals surface area contributed by atoms with Crippen LogP contribution in [0.3, 0.4) is 0 Å². The van der Waals surface area contributed by atoms with Crippen molar-refractivity contribution in [3.05, 3.63) is 90.6 Å². The summed E-state index contributed by atoms with van der Waals surface area (Å²) in [4.78, 5) is 4.43. The van der Waals surface area contributed by atoms with Gasteiger partial charge in [-0.1, -0.05) is 54.6 Å². The van der Waals surface area contributed by atoms with Gasteiger partial charge in [-0.2, -0.15) is 5.26 Å². The smallest absolute Gasteiger partial charge is 0.0992 e. The maximum absolute atomic E-state index is 9.12. The fourth-order valence-corrected chi connectivity index (χ4v) is 4.59. The van der Waals surface area contributed by atoms with Crippen LogP contribution in [0, 0.1) is 11.3 Å². The summed E-state index contributed by atoms with van der Waals surface area (Å²) in [5, 5.41) is 11.7. The molecule has 5 rings (SSSR count). The van der Waals surface area contributed by atoms with Crippen molar-refractivity contribution in [2.24, 2.45) is 0 Å². The van der Waals surface area contributed by atoms with E-state index in [1.54, 1.807) is 23.6 Å². The summed E-state index contributed by atoms with van der Waals surface area (Å²) in [5.41, 5.74) is 4.96. The highest BCUT2D eigenvalue weighted by Gasteiger charge is 2.09. The van der Waals surface area contributed by atoms with Crippen LogP contribution in [0.15, 0.2) is 85.1 Å². The number of benzene rings is 3. The number of nitrogens with zero attached hydrogens (tertiary/aromatic N) is 2. The van der Waals surface area contributed by atoms with Gasteiger partial charge in [0.05, 0.1) is 17.3 Å². The summed E-state index contributed by atoms with van der Waals surface area (Å²) in [6.07, 6.45) is 1.69. The standard InChI is InChI=1S/C24H14N2S/c25-15-16-10-11-26-22(12-16)19-7-9-21-20-8-6-18(17-4-2-1-3-5-17)13-23(20)27-24(21)14-19/h1-14H. The first-order chi connectivity index (χ1) is 13.3. The van der Waals surface area contributed by atoms with Crippen molar-refractivity contribution in [2.45, 2.75) is 0 Å². The quantitative estimate of drug-likeness (QED) is 0.352. The van der Waals surface area contributed by atoms with E-state index in [1.165, 1.54) is 31.3 Å². The van der Waals surface area contributed by atoms with Crippen molar-refractivity contribution in [3.63, 3.8) is 0 Å². The van der Waals surface area contributed by atoms with E-state index in [-0.39, 0.29) is 0 Å². The zero-order valence-electron chi connectivity index (χ0n) is 14.4. The van der Waals surface area contributed by atoms with Gasteiger partial charge in [0.25, 0.3) is 0 Å². The van der Waals surface area contributed by atoms with Crippen LogP contribution < -0.4 is 0 Å². The lowest BCUT2D eigenvalue weighted by Gasteiger charge is -2.02. The van der Waals surface area contributed by atoms with E-state index in [0.717, 1.165) is 11.3 Å². The number of fused-ring (bicyclic) bond motifs is 3. The third-order valence-corrected chi connectivity index (χ3v) is 5.88. The van der Waals surface area contributed by atoms with E-state index in [9.17, 15) is 0 Å². The van der Waals surface area contributed by atoms with Crippen LogP contribution in [0.25, 0.3) is 42.6 Å². The number of hydrogen-bond donors (Lipinski definition) is 0. The zero-order valence-corrected chi connectivity index (χ0v) is 15.2. The SMILES string of the molecule is N#Cc1ccnc(-c2ccc3c(c2)sc2cc(-c4ccccc4)ccc23)c1. The van der Waals surface area contributed by atoms with E-state index in [0.29, 0.717) is 5.56 Å². The molecule has 0 aliphatic heterocycles. The molecule has 2 heterocycles. The Morgan fingerprint density at radius 2 is 1.41 bits per heavy atom. The van der Waals surface area contributed by atoms with E-state index < -0.39 is 0 Å².